The number of halogens is 3. The van der Waals surface area contributed by atoms with E-state index < -0.39 is 23.8 Å². The van der Waals surface area contributed by atoms with Crippen LogP contribution >= 0.6 is 11.6 Å². The van der Waals surface area contributed by atoms with Crippen LogP contribution in [0.2, 0.25) is 5.02 Å². The topological polar surface area (TPSA) is 89.3 Å². The van der Waals surface area contributed by atoms with E-state index in [1.54, 1.807) is 18.2 Å². The predicted octanol–water partition coefficient (Wildman–Crippen LogP) is 3.69. The molecule has 0 aliphatic carbocycles. The van der Waals surface area contributed by atoms with Crippen LogP contribution in [-0.2, 0) is 19.4 Å². The van der Waals surface area contributed by atoms with Crippen LogP contribution in [0.25, 0.3) is 11.4 Å². The molecule has 0 bridgehead atoms. The van der Waals surface area contributed by atoms with Crippen LogP contribution in [0, 0.1) is 11.6 Å². The van der Waals surface area contributed by atoms with Crippen molar-refractivity contribution in [2.75, 3.05) is 6.61 Å². The maximum atomic E-state index is 14.1. The van der Waals surface area contributed by atoms with Crippen molar-refractivity contribution in [2.24, 2.45) is 0 Å². The fourth-order valence-corrected chi connectivity index (χ4v) is 3.68. The van der Waals surface area contributed by atoms with E-state index in [1.807, 2.05) is 4.57 Å². The zero-order valence-electron chi connectivity index (χ0n) is 15.6. The summed E-state index contributed by atoms with van der Waals surface area (Å²) in [4.78, 5) is 11.3. The Kier molecular flexibility index (Phi) is 5.54. The molecule has 1 amide bonds. The maximum absolute atomic E-state index is 14.1. The van der Waals surface area contributed by atoms with Crippen molar-refractivity contribution in [3.05, 3.63) is 64.4 Å². The second-order valence-corrected chi connectivity index (χ2v) is 7.31. The minimum Gasteiger partial charge on any atom is -0.491 e. The third kappa shape index (κ3) is 4.20. The monoisotopic (exact) mass is 434 g/mol. The maximum Gasteiger partial charge on any atom is 0.404 e. The molecule has 3 aromatic rings. The summed E-state index contributed by atoms with van der Waals surface area (Å²) >= 11 is 6.11. The van der Waals surface area contributed by atoms with Crippen molar-refractivity contribution in [1.29, 1.82) is 0 Å². The summed E-state index contributed by atoms with van der Waals surface area (Å²) in [6, 6.07) is 7.54. The van der Waals surface area contributed by atoms with Crippen molar-refractivity contribution in [3.63, 3.8) is 0 Å². The van der Waals surface area contributed by atoms with Crippen LogP contribution < -0.4 is 10.1 Å². The highest BCUT2D eigenvalue weighted by Crippen LogP contribution is 2.34. The third-order valence-corrected chi connectivity index (χ3v) is 5.05. The average molecular weight is 435 g/mol. The Morgan fingerprint density at radius 1 is 1.23 bits per heavy atom. The molecule has 0 saturated heterocycles. The van der Waals surface area contributed by atoms with Crippen molar-refractivity contribution in [2.45, 2.75) is 25.4 Å². The fourth-order valence-electron chi connectivity index (χ4n) is 3.50. The van der Waals surface area contributed by atoms with Crippen LogP contribution in [0.4, 0.5) is 13.6 Å². The normalized spacial score (nSPS) is 13.6. The van der Waals surface area contributed by atoms with Crippen molar-refractivity contribution < 1.29 is 23.4 Å². The first-order valence-electron chi connectivity index (χ1n) is 9.19. The van der Waals surface area contributed by atoms with Gasteiger partial charge in [-0.3, -0.25) is 0 Å². The molecule has 156 valence electrons. The summed E-state index contributed by atoms with van der Waals surface area (Å²) in [5, 5.41) is 20.5. The summed E-state index contributed by atoms with van der Waals surface area (Å²) in [5.41, 5.74) is 0.752. The van der Waals surface area contributed by atoms with Gasteiger partial charge in [0, 0.05) is 17.5 Å². The molecule has 7 nitrogen and oxygen atoms in total. The fraction of sp³-hybridized carbons (Fsp3) is 0.250. The van der Waals surface area contributed by atoms with E-state index in [4.69, 9.17) is 16.3 Å². The second-order valence-electron chi connectivity index (χ2n) is 6.87. The predicted molar refractivity (Wildman–Crippen MR) is 105 cm³/mol. The highest BCUT2D eigenvalue weighted by atomic mass is 35.5. The average Bonchev–Trinajstić information content (AvgIpc) is 2.98. The van der Waals surface area contributed by atoms with E-state index in [2.05, 4.69) is 15.5 Å². The number of hydrogen-bond acceptors (Lipinski definition) is 4. The molecule has 30 heavy (non-hydrogen) atoms. The van der Waals surface area contributed by atoms with E-state index in [1.165, 1.54) is 0 Å². The first-order valence-corrected chi connectivity index (χ1v) is 9.56. The molecule has 1 atom stereocenters. The number of nitrogens with one attached hydrogen (secondary N) is 1. The number of carbonyl (C=O) groups is 1. The highest BCUT2D eigenvalue weighted by Gasteiger charge is 2.24. The minimum atomic E-state index is -1.27. The number of rotatable bonds is 5. The van der Waals surface area contributed by atoms with Crippen LogP contribution in [0.1, 0.15) is 11.4 Å². The molecule has 2 aromatic carbocycles. The molecule has 0 fully saturated rings. The number of hydrogen-bond donors (Lipinski definition) is 2. The number of benzene rings is 2. The number of nitrogens with zero attached hydrogens (tertiary/aromatic N) is 3. The zero-order chi connectivity index (χ0) is 21.3. The zero-order valence-corrected chi connectivity index (χ0v) is 16.4. The van der Waals surface area contributed by atoms with Crippen molar-refractivity contribution in [3.8, 4) is 17.1 Å². The molecule has 1 aliphatic heterocycles. The minimum absolute atomic E-state index is 0.0446. The van der Waals surface area contributed by atoms with Gasteiger partial charge in [-0.05, 0) is 48.4 Å². The molecule has 2 heterocycles. The number of amides is 1. The summed E-state index contributed by atoms with van der Waals surface area (Å²) in [7, 11) is 0. The van der Waals surface area contributed by atoms with Crippen LogP contribution in [0.15, 0.2) is 36.4 Å². The molecule has 0 unspecified atom stereocenters. The van der Waals surface area contributed by atoms with Gasteiger partial charge in [-0.15, -0.1) is 10.2 Å². The van der Waals surface area contributed by atoms with Gasteiger partial charge in [0.1, 0.15) is 29.8 Å². The first kappa shape index (κ1) is 20.1. The number of carboxylic acid groups (broad SMARTS) is 1. The van der Waals surface area contributed by atoms with Crippen molar-refractivity contribution in [1.82, 2.24) is 20.1 Å². The Balaban J connectivity index is 1.65. The lowest BCUT2D eigenvalue weighted by molar-refractivity contribution is 0.189. The molecule has 10 heteroatoms. The molecular formula is C20H17ClF2N4O3. The lowest BCUT2D eigenvalue weighted by Crippen LogP contribution is -2.38. The quantitative estimate of drug-likeness (QED) is 0.639. The van der Waals surface area contributed by atoms with Crippen LogP contribution in [0.5, 0.6) is 5.75 Å². The van der Waals surface area contributed by atoms with Gasteiger partial charge in [-0.1, -0.05) is 11.6 Å². The molecule has 1 aromatic heterocycles. The molecule has 2 N–H and O–H groups in total. The van der Waals surface area contributed by atoms with E-state index in [0.29, 0.717) is 41.1 Å². The van der Waals surface area contributed by atoms with Crippen molar-refractivity contribution >= 4 is 17.7 Å². The van der Waals surface area contributed by atoms with Gasteiger partial charge in [-0.25, -0.2) is 13.6 Å². The Morgan fingerprint density at radius 2 is 2.07 bits per heavy atom. The lowest BCUT2D eigenvalue weighted by atomic mass is 10.0. The largest absolute Gasteiger partial charge is 0.491 e. The number of aromatic nitrogens is 3. The Morgan fingerprint density at radius 3 is 2.87 bits per heavy atom. The summed E-state index contributed by atoms with van der Waals surface area (Å²) in [5.74, 6) is 0.468. The number of ether oxygens (including phenoxy) is 1. The van der Waals surface area contributed by atoms with Gasteiger partial charge < -0.3 is 19.7 Å². The van der Waals surface area contributed by atoms with Gasteiger partial charge in [0.25, 0.3) is 0 Å². The second kappa shape index (κ2) is 8.27. The molecule has 4 rings (SSSR count). The van der Waals surface area contributed by atoms with E-state index in [0.717, 1.165) is 18.2 Å². The lowest BCUT2D eigenvalue weighted by Gasteiger charge is -2.18. The van der Waals surface area contributed by atoms with E-state index in [9.17, 15) is 18.7 Å². The first-order chi connectivity index (χ1) is 14.4. The van der Waals surface area contributed by atoms with E-state index in [-0.39, 0.29) is 18.4 Å². The summed E-state index contributed by atoms with van der Waals surface area (Å²) in [6.07, 6.45) is -1.19. The third-order valence-electron chi connectivity index (χ3n) is 4.81. The molecule has 0 radical (unpaired) electrons. The molecule has 0 saturated carbocycles. The number of fused-ring (bicyclic) bond motifs is 3. The Labute approximate surface area is 175 Å². The highest BCUT2D eigenvalue weighted by molar-refractivity contribution is 6.30. The van der Waals surface area contributed by atoms with Gasteiger partial charge in [0.05, 0.1) is 12.1 Å². The molecular weight excluding hydrogens is 418 g/mol. The molecule has 1 aliphatic rings. The van der Waals surface area contributed by atoms with Crippen LogP contribution in [-0.4, -0.2) is 38.6 Å². The Bertz CT molecular complexity index is 1110. The smallest absolute Gasteiger partial charge is 0.404 e. The van der Waals surface area contributed by atoms with Gasteiger partial charge in [-0.2, -0.15) is 0 Å². The van der Waals surface area contributed by atoms with Crippen LogP contribution in [0.3, 0.4) is 0 Å². The standard InChI is InChI=1S/C20H17ClF2N4O3/c21-12-1-4-17-15(9-12)19-26-25-18(27(19)5-6-30-17)10-14(24-20(28)29)8-11-7-13(22)2-3-16(11)23/h1-4,7,9,14,24H,5-6,8,10H2,(H,28,29)/t14-/m1/s1. The summed E-state index contributed by atoms with van der Waals surface area (Å²) in [6.45, 7) is 0.806. The summed E-state index contributed by atoms with van der Waals surface area (Å²) < 4.78 is 35.2. The molecule has 0 spiro atoms. The van der Waals surface area contributed by atoms with E-state index >= 15 is 0 Å². The SMILES string of the molecule is O=C(O)N[C@H](Cc1cc(F)ccc1F)Cc1nnc2n1CCOc1ccc(Cl)cc1-2. The Hall–Kier alpha value is -3.20. The van der Waals surface area contributed by atoms with Gasteiger partial charge >= 0.3 is 6.09 Å². The van der Waals surface area contributed by atoms with Gasteiger partial charge in [0.15, 0.2) is 5.82 Å². The van der Waals surface area contributed by atoms with Gasteiger partial charge in [0.2, 0.25) is 0 Å².